The zero-order valence-electron chi connectivity index (χ0n) is 14.2. The minimum absolute atomic E-state index is 0. The Morgan fingerprint density at radius 1 is 1.12 bits per heavy atom. The molecule has 0 saturated carbocycles. The van der Waals surface area contributed by atoms with E-state index in [1.807, 2.05) is 56.3 Å². The van der Waals surface area contributed by atoms with Gasteiger partial charge < -0.3 is 16.4 Å². The molecule has 1 amide bonds. The second kappa shape index (κ2) is 10.4. The van der Waals surface area contributed by atoms with Gasteiger partial charge in [0, 0.05) is 22.3 Å². The SMILES string of the molecule is Cc1ccc(NC(N)=NCCC(=O)Nc2ccc(Br)cc2C)cc1.I. The number of nitrogens with zero attached hydrogens (tertiary/aromatic N) is 1. The third-order valence-corrected chi connectivity index (χ3v) is 3.90. The van der Waals surface area contributed by atoms with Crippen LogP contribution in [0.1, 0.15) is 17.5 Å². The first kappa shape index (κ1) is 21.4. The first-order valence-corrected chi connectivity index (χ1v) is 8.43. The van der Waals surface area contributed by atoms with Crippen molar-refractivity contribution in [2.24, 2.45) is 10.7 Å². The number of anilines is 2. The van der Waals surface area contributed by atoms with Crippen LogP contribution in [-0.2, 0) is 4.79 Å². The van der Waals surface area contributed by atoms with Crippen LogP contribution >= 0.6 is 39.9 Å². The number of rotatable bonds is 5. The van der Waals surface area contributed by atoms with Crippen LogP contribution in [0.25, 0.3) is 0 Å². The smallest absolute Gasteiger partial charge is 0.226 e. The first-order chi connectivity index (χ1) is 11.4. The van der Waals surface area contributed by atoms with Crippen LogP contribution in [0, 0.1) is 13.8 Å². The summed E-state index contributed by atoms with van der Waals surface area (Å²) in [5.41, 5.74) is 9.68. The normalized spacial score (nSPS) is 10.8. The van der Waals surface area contributed by atoms with Gasteiger partial charge in [-0.15, -0.1) is 24.0 Å². The molecule has 2 aromatic rings. The molecule has 0 atom stereocenters. The number of aliphatic imine (C=N–C) groups is 1. The third kappa shape index (κ3) is 7.43. The molecule has 0 unspecified atom stereocenters. The summed E-state index contributed by atoms with van der Waals surface area (Å²) in [5.74, 6) is 0.207. The maximum absolute atomic E-state index is 12.0. The van der Waals surface area contributed by atoms with Crippen LogP contribution in [0.3, 0.4) is 0 Å². The number of carbonyl (C=O) groups is 1. The van der Waals surface area contributed by atoms with Gasteiger partial charge in [0.05, 0.1) is 6.54 Å². The maximum atomic E-state index is 12.0. The number of halogens is 2. The van der Waals surface area contributed by atoms with Crippen LogP contribution in [0.5, 0.6) is 0 Å². The van der Waals surface area contributed by atoms with Crippen LogP contribution in [0.15, 0.2) is 51.9 Å². The number of aryl methyl sites for hydroxylation is 2. The fraction of sp³-hybridized carbons (Fsp3) is 0.222. The van der Waals surface area contributed by atoms with Crippen molar-refractivity contribution in [1.82, 2.24) is 0 Å². The van der Waals surface area contributed by atoms with Gasteiger partial charge in [0.15, 0.2) is 5.96 Å². The summed E-state index contributed by atoms with van der Waals surface area (Å²) in [6, 6.07) is 13.6. The fourth-order valence-electron chi connectivity index (χ4n) is 2.08. The molecule has 7 heteroatoms. The highest BCUT2D eigenvalue weighted by Crippen LogP contribution is 2.20. The molecule has 0 aliphatic rings. The van der Waals surface area contributed by atoms with Crippen molar-refractivity contribution in [3.05, 3.63) is 58.1 Å². The predicted molar refractivity (Wildman–Crippen MR) is 119 cm³/mol. The van der Waals surface area contributed by atoms with E-state index in [4.69, 9.17) is 5.73 Å². The minimum Gasteiger partial charge on any atom is -0.370 e. The number of carbonyl (C=O) groups excluding carboxylic acids is 1. The molecular formula is C18H22BrIN4O. The molecule has 0 radical (unpaired) electrons. The highest BCUT2D eigenvalue weighted by Gasteiger charge is 2.05. The Balaban J connectivity index is 0.00000312. The Labute approximate surface area is 173 Å². The summed E-state index contributed by atoms with van der Waals surface area (Å²) in [4.78, 5) is 16.1. The van der Waals surface area contributed by atoms with Gasteiger partial charge >= 0.3 is 0 Å². The quantitative estimate of drug-likeness (QED) is 0.312. The zero-order valence-corrected chi connectivity index (χ0v) is 18.1. The van der Waals surface area contributed by atoms with E-state index in [1.54, 1.807) is 0 Å². The molecule has 2 rings (SSSR count). The van der Waals surface area contributed by atoms with Crippen molar-refractivity contribution < 1.29 is 4.79 Å². The molecule has 5 nitrogen and oxygen atoms in total. The van der Waals surface area contributed by atoms with E-state index in [-0.39, 0.29) is 36.3 Å². The number of guanidine groups is 1. The Morgan fingerprint density at radius 3 is 2.44 bits per heavy atom. The van der Waals surface area contributed by atoms with Gasteiger partial charge in [-0.05, 0) is 49.7 Å². The second-order valence-corrected chi connectivity index (χ2v) is 6.43. The molecule has 0 aliphatic heterocycles. The monoisotopic (exact) mass is 516 g/mol. The fourth-order valence-corrected chi connectivity index (χ4v) is 2.56. The Hall–Kier alpha value is -1.61. The van der Waals surface area contributed by atoms with Crippen molar-refractivity contribution >= 4 is 63.1 Å². The van der Waals surface area contributed by atoms with Crippen molar-refractivity contribution in [3.63, 3.8) is 0 Å². The summed E-state index contributed by atoms with van der Waals surface area (Å²) in [5, 5.41) is 5.88. The molecule has 4 N–H and O–H groups in total. The molecule has 0 bridgehead atoms. The molecule has 25 heavy (non-hydrogen) atoms. The van der Waals surface area contributed by atoms with Gasteiger partial charge in [0.1, 0.15) is 0 Å². The Bertz CT molecular complexity index is 747. The molecule has 0 fully saturated rings. The standard InChI is InChI=1S/C18H21BrN4O.HI/c1-12-3-6-15(7-4-12)22-18(20)21-10-9-17(24)23-16-8-5-14(19)11-13(16)2;/h3-8,11H,9-10H2,1-2H3,(H,23,24)(H3,20,21,22);1H. The van der Waals surface area contributed by atoms with Gasteiger partial charge in [-0.3, -0.25) is 9.79 Å². The topological polar surface area (TPSA) is 79.5 Å². The Morgan fingerprint density at radius 2 is 1.80 bits per heavy atom. The molecule has 0 saturated heterocycles. The van der Waals surface area contributed by atoms with Crippen molar-refractivity contribution in [2.45, 2.75) is 20.3 Å². The number of nitrogens with two attached hydrogens (primary N) is 1. The average Bonchev–Trinajstić information content (AvgIpc) is 2.52. The van der Waals surface area contributed by atoms with Gasteiger partial charge in [0.2, 0.25) is 5.91 Å². The molecule has 2 aromatic carbocycles. The van der Waals surface area contributed by atoms with E-state index in [0.29, 0.717) is 12.5 Å². The van der Waals surface area contributed by atoms with E-state index in [9.17, 15) is 4.79 Å². The highest BCUT2D eigenvalue weighted by molar-refractivity contribution is 14.0. The van der Waals surface area contributed by atoms with Crippen molar-refractivity contribution in [3.8, 4) is 0 Å². The van der Waals surface area contributed by atoms with Crippen LogP contribution in [0.4, 0.5) is 11.4 Å². The van der Waals surface area contributed by atoms with Crippen LogP contribution in [-0.4, -0.2) is 18.4 Å². The van der Waals surface area contributed by atoms with E-state index >= 15 is 0 Å². The van der Waals surface area contributed by atoms with Gasteiger partial charge in [-0.1, -0.05) is 33.6 Å². The van der Waals surface area contributed by atoms with Gasteiger partial charge in [0.25, 0.3) is 0 Å². The number of hydrogen-bond donors (Lipinski definition) is 3. The lowest BCUT2D eigenvalue weighted by Crippen LogP contribution is -2.23. The predicted octanol–water partition coefficient (Wildman–Crippen LogP) is 4.44. The van der Waals surface area contributed by atoms with Gasteiger partial charge in [-0.25, -0.2) is 0 Å². The first-order valence-electron chi connectivity index (χ1n) is 7.63. The summed E-state index contributed by atoms with van der Waals surface area (Å²) in [7, 11) is 0. The molecule has 0 spiro atoms. The number of benzene rings is 2. The lowest BCUT2D eigenvalue weighted by atomic mass is 10.2. The third-order valence-electron chi connectivity index (χ3n) is 3.41. The molecule has 0 heterocycles. The Kier molecular flexibility index (Phi) is 8.91. The number of nitrogens with one attached hydrogen (secondary N) is 2. The molecular weight excluding hydrogens is 495 g/mol. The average molecular weight is 517 g/mol. The molecule has 134 valence electrons. The number of amides is 1. The summed E-state index contributed by atoms with van der Waals surface area (Å²) < 4.78 is 0.984. The highest BCUT2D eigenvalue weighted by atomic mass is 127. The lowest BCUT2D eigenvalue weighted by molar-refractivity contribution is -0.116. The lowest BCUT2D eigenvalue weighted by Gasteiger charge is -2.08. The molecule has 0 aromatic heterocycles. The molecule has 0 aliphatic carbocycles. The second-order valence-electron chi connectivity index (χ2n) is 5.52. The summed E-state index contributed by atoms with van der Waals surface area (Å²) in [6.07, 6.45) is 0.270. The van der Waals surface area contributed by atoms with E-state index in [1.165, 1.54) is 5.56 Å². The largest absolute Gasteiger partial charge is 0.370 e. The summed E-state index contributed by atoms with van der Waals surface area (Å²) >= 11 is 3.40. The van der Waals surface area contributed by atoms with E-state index in [2.05, 4.69) is 31.6 Å². The van der Waals surface area contributed by atoms with E-state index in [0.717, 1.165) is 21.4 Å². The van der Waals surface area contributed by atoms with Crippen molar-refractivity contribution in [1.29, 1.82) is 0 Å². The summed E-state index contributed by atoms with van der Waals surface area (Å²) in [6.45, 7) is 4.29. The van der Waals surface area contributed by atoms with Crippen molar-refractivity contribution in [2.75, 3.05) is 17.2 Å². The number of hydrogen-bond acceptors (Lipinski definition) is 2. The maximum Gasteiger partial charge on any atom is 0.226 e. The zero-order chi connectivity index (χ0) is 17.5. The van der Waals surface area contributed by atoms with E-state index < -0.39 is 0 Å². The van der Waals surface area contributed by atoms with Gasteiger partial charge in [-0.2, -0.15) is 0 Å². The minimum atomic E-state index is -0.0905. The van der Waals surface area contributed by atoms with Crippen LogP contribution < -0.4 is 16.4 Å². The van der Waals surface area contributed by atoms with Crippen LogP contribution in [0.2, 0.25) is 0 Å².